The van der Waals surface area contributed by atoms with Gasteiger partial charge < -0.3 is 35.2 Å². The van der Waals surface area contributed by atoms with E-state index in [1.165, 1.54) is 0 Å². The van der Waals surface area contributed by atoms with Crippen molar-refractivity contribution in [2.24, 2.45) is 10.2 Å². The molecule has 0 aromatic rings. The van der Waals surface area contributed by atoms with E-state index in [9.17, 15) is 20.1 Å². The molecule has 150 valence electrons. The van der Waals surface area contributed by atoms with Crippen LogP contribution in [0.15, 0.2) is 10.2 Å². The molecule has 1 saturated carbocycles. The van der Waals surface area contributed by atoms with Crippen LogP contribution in [0.1, 0.15) is 19.3 Å². The molecule has 0 radical (unpaired) electrons. The summed E-state index contributed by atoms with van der Waals surface area (Å²) in [6.07, 6.45) is -7.72. The first kappa shape index (κ1) is 21.0. The summed E-state index contributed by atoms with van der Waals surface area (Å²) in [4.78, 5) is 15.9. The van der Waals surface area contributed by atoms with E-state index in [1.807, 2.05) is 0 Å². The number of azide groups is 2. The monoisotopic (exact) mass is 387 g/mol. The van der Waals surface area contributed by atoms with E-state index in [0.717, 1.165) is 0 Å². The molecule has 8 atom stereocenters. The summed E-state index contributed by atoms with van der Waals surface area (Å²) in [5, 5.41) is 48.3. The van der Waals surface area contributed by atoms with Crippen molar-refractivity contribution < 1.29 is 34.7 Å². The second-order valence-corrected chi connectivity index (χ2v) is 6.32. The predicted molar refractivity (Wildman–Crippen MR) is 87.3 cm³/mol. The van der Waals surface area contributed by atoms with Gasteiger partial charge in [0.1, 0.15) is 12.2 Å². The molecule has 2 rings (SSSR count). The first-order valence-electron chi connectivity index (χ1n) is 8.27. The first-order valence-corrected chi connectivity index (χ1v) is 8.27. The molecule has 2 aliphatic rings. The highest BCUT2D eigenvalue weighted by molar-refractivity contribution is 5.64. The lowest BCUT2D eigenvalue weighted by Gasteiger charge is -2.43. The van der Waals surface area contributed by atoms with Gasteiger partial charge in [-0.05, 0) is 30.3 Å². The number of nitrogens with one attached hydrogen (secondary N) is 1. The molecule has 0 spiro atoms. The third-order valence-corrected chi connectivity index (χ3v) is 4.54. The maximum Gasteiger partial charge on any atom is 0.404 e. The normalized spacial score (nSPS) is 38.9. The number of ether oxygens (including phenoxy) is 2. The lowest BCUT2D eigenvalue weighted by Crippen LogP contribution is -2.58. The van der Waals surface area contributed by atoms with Gasteiger partial charge in [0.2, 0.25) is 0 Å². The average molecular weight is 387 g/mol. The Kier molecular flexibility index (Phi) is 7.45. The van der Waals surface area contributed by atoms with Crippen molar-refractivity contribution >= 4 is 6.09 Å². The third kappa shape index (κ3) is 5.34. The summed E-state index contributed by atoms with van der Waals surface area (Å²) in [5.74, 6) is 0. The molecule has 0 unspecified atom stereocenters. The number of amides is 1. The molecule has 5 N–H and O–H groups in total. The number of aliphatic hydroxyl groups excluding tert-OH is 3. The molecule has 14 nitrogen and oxygen atoms in total. The Morgan fingerprint density at radius 3 is 2.44 bits per heavy atom. The van der Waals surface area contributed by atoms with Gasteiger partial charge in [0.15, 0.2) is 6.29 Å². The van der Waals surface area contributed by atoms with Crippen molar-refractivity contribution in [1.82, 2.24) is 5.32 Å². The lowest BCUT2D eigenvalue weighted by molar-refractivity contribution is -0.278. The summed E-state index contributed by atoms with van der Waals surface area (Å²) in [5.41, 5.74) is 17.3. The van der Waals surface area contributed by atoms with Gasteiger partial charge in [-0.3, -0.25) is 0 Å². The maximum absolute atomic E-state index is 10.6. The lowest BCUT2D eigenvalue weighted by atomic mass is 9.84. The average Bonchev–Trinajstić information content (AvgIpc) is 2.63. The number of carboxylic acid groups (broad SMARTS) is 1. The molecule has 1 saturated heterocycles. The number of hydrogen-bond donors (Lipinski definition) is 5. The number of rotatable bonds is 6. The fraction of sp³-hybridized carbons (Fsp3) is 0.923. The fourth-order valence-corrected chi connectivity index (χ4v) is 3.17. The Hall–Kier alpha value is -2.31. The standard InChI is InChI=1S/C13H21N7O7/c14-19-17-6-3-7(18-20-15)11(10(23)9(6)22)27-12-8(21)2-1-5(26-12)4-16-13(24)25/h5-12,16,21-23H,1-4H2,(H,24,25)/t5-,6+,7-,8+,9-,10+,11+,12+/m0/s1. The molecular formula is C13H21N7O7. The summed E-state index contributed by atoms with van der Waals surface area (Å²) in [6.45, 7) is -0.0174. The predicted octanol–water partition coefficient (Wildman–Crippen LogP) is -0.0115. The Morgan fingerprint density at radius 2 is 1.81 bits per heavy atom. The van der Waals surface area contributed by atoms with Gasteiger partial charge in [0, 0.05) is 16.4 Å². The van der Waals surface area contributed by atoms with Gasteiger partial charge in [-0.25, -0.2) is 4.79 Å². The van der Waals surface area contributed by atoms with Crippen molar-refractivity contribution in [3.63, 3.8) is 0 Å². The van der Waals surface area contributed by atoms with E-state index >= 15 is 0 Å². The second-order valence-electron chi connectivity index (χ2n) is 6.32. The van der Waals surface area contributed by atoms with Gasteiger partial charge >= 0.3 is 6.09 Å². The minimum absolute atomic E-state index is 0.0174. The summed E-state index contributed by atoms with van der Waals surface area (Å²) in [7, 11) is 0. The van der Waals surface area contributed by atoms with Crippen LogP contribution in [0, 0.1) is 0 Å². The largest absolute Gasteiger partial charge is 0.465 e. The van der Waals surface area contributed by atoms with Crippen molar-refractivity contribution in [3.8, 4) is 0 Å². The van der Waals surface area contributed by atoms with Crippen LogP contribution in [-0.2, 0) is 9.47 Å². The molecule has 0 aromatic carbocycles. The van der Waals surface area contributed by atoms with E-state index in [4.69, 9.17) is 25.6 Å². The topological polar surface area (TPSA) is 226 Å². The van der Waals surface area contributed by atoms with Crippen molar-refractivity contribution in [2.75, 3.05) is 6.54 Å². The Morgan fingerprint density at radius 1 is 1.15 bits per heavy atom. The Bertz CT molecular complexity index is 624. The van der Waals surface area contributed by atoms with E-state index in [2.05, 4.69) is 25.4 Å². The van der Waals surface area contributed by atoms with Crippen LogP contribution >= 0.6 is 0 Å². The molecular weight excluding hydrogens is 366 g/mol. The Labute approximate surface area is 152 Å². The van der Waals surface area contributed by atoms with Crippen LogP contribution in [0.4, 0.5) is 4.79 Å². The molecule has 2 fully saturated rings. The third-order valence-electron chi connectivity index (χ3n) is 4.54. The zero-order chi connectivity index (χ0) is 20.0. The number of nitrogens with zero attached hydrogens (tertiary/aromatic N) is 6. The smallest absolute Gasteiger partial charge is 0.404 e. The SMILES string of the molecule is [N-]=[N+]=N[C@H]1C[C@@H](N=[N+]=[N-])[C@H](O)[C@@H](O)[C@@H]1O[C@H]1O[C@H](CNC(=O)O)CC[C@H]1O. The minimum atomic E-state index is -1.56. The minimum Gasteiger partial charge on any atom is -0.465 e. The first-order chi connectivity index (χ1) is 12.9. The van der Waals surface area contributed by atoms with Crippen LogP contribution < -0.4 is 5.32 Å². The van der Waals surface area contributed by atoms with Crippen LogP contribution in [0.3, 0.4) is 0 Å². The quantitative estimate of drug-likeness (QED) is 0.237. The van der Waals surface area contributed by atoms with E-state index in [1.54, 1.807) is 0 Å². The molecule has 27 heavy (non-hydrogen) atoms. The zero-order valence-corrected chi connectivity index (χ0v) is 14.1. The highest BCUT2D eigenvalue weighted by atomic mass is 16.7. The van der Waals surface area contributed by atoms with Crippen molar-refractivity contribution in [3.05, 3.63) is 20.9 Å². The highest BCUT2D eigenvalue weighted by Crippen LogP contribution is 2.31. The van der Waals surface area contributed by atoms with E-state index in [-0.39, 0.29) is 19.4 Å². The van der Waals surface area contributed by atoms with Crippen LogP contribution in [0.2, 0.25) is 0 Å². The highest BCUT2D eigenvalue weighted by Gasteiger charge is 2.46. The van der Waals surface area contributed by atoms with Crippen molar-refractivity contribution in [2.45, 2.75) is 68.2 Å². The summed E-state index contributed by atoms with van der Waals surface area (Å²) < 4.78 is 11.1. The number of aliphatic hydroxyl groups is 3. The maximum atomic E-state index is 10.6. The number of hydrogen-bond acceptors (Lipinski definition) is 8. The van der Waals surface area contributed by atoms with Crippen molar-refractivity contribution in [1.29, 1.82) is 0 Å². The molecule has 0 aromatic heterocycles. The van der Waals surface area contributed by atoms with E-state index in [0.29, 0.717) is 6.42 Å². The van der Waals surface area contributed by atoms with Crippen LogP contribution in [0.25, 0.3) is 20.9 Å². The van der Waals surface area contributed by atoms with E-state index < -0.39 is 55.0 Å². The molecule has 1 aliphatic carbocycles. The van der Waals surface area contributed by atoms with Crippen LogP contribution in [-0.4, -0.2) is 82.0 Å². The van der Waals surface area contributed by atoms with Gasteiger partial charge in [-0.1, -0.05) is 10.2 Å². The summed E-state index contributed by atoms with van der Waals surface area (Å²) in [6, 6.07) is -1.98. The zero-order valence-electron chi connectivity index (χ0n) is 14.1. The number of carbonyl (C=O) groups is 1. The molecule has 0 bridgehead atoms. The van der Waals surface area contributed by atoms with Gasteiger partial charge in [0.05, 0.1) is 30.4 Å². The fourth-order valence-electron chi connectivity index (χ4n) is 3.17. The van der Waals surface area contributed by atoms with Crippen LogP contribution in [0.5, 0.6) is 0 Å². The Balaban J connectivity index is 2.10. The van der Waals surface area contributed by atoms with Gasteiger partial charge in [-0.15, -0.1) is 0 Å². The molecule has 1 heterocycles. The second kappa shape index (κ2) is 9.58. The molecule has 14 heteroatoms. The molecule has 1 amide bonds. The molecule has 1 aliphatic heterocycles. The summed E-state index contributed by atoms with van der Waals surface area (Å²) >= 11 is 0. The van der Waals surface area contributed by atoms with Gasteiger partial charge in [-0.2, -0.15) is 0 Å². The van der Waals surface area contributed by atoms with Gasteiger partial charge in [0.25, 0.3) is 0 Å².